The Hall–Kier alpha value is -1.57. The first-order valence-corrected chi connectivity index (χ1v) is 8.29. The van der Waals surface area contributed by atoms with Gasteiger partial charge in [-0.25, -0.2) is 0 Å². The maximum atomic E-state index is 12.4. The molecule has 22 heavy (non-hydrogen) atoms. The lowest BCUT2D eigenvalue weighted by atomic mass is 9.89. The van der Waals surface area contributed by atoms with Gasteiger partial charge in [-0.15, -0.1) is 0 Å². The average molecular weight is 319 g/mol. The van der Waals surface area contributed by atoms with Crippen LogP contribution in [0.2, 0.25) is 0 Å². The number of nitrogens with zero attached hydrogens (tertiary/aromatic N) is 2. The number of hydrogen-bond donors (Lipinski definition) is 1. The van der Waals surface area contributed by atoms with Crippen LogP contribution in [0.5, 0.6) is 0 Å². The van der Waals surface area contributed by atoms with Crippen LogP contribution < -0.4 is 5.32 Å². The maximum Gasteiger partial charge on any atom is 0.251 e. The molecule has 1 aromatic heterocycles. The van der Waals surface area contributed by atoms with Crippen molar-refractivity contribution in [3.05, 3.63) is 23.8 Å². The lowest BCUT2D eigenvalue weighted by molar-refractivity contribution is -0.157. The van der Waals surface area contributed by atoms with Crippen LogP contribution in [-0.2, 0) is 9.47 Å². The van der Waals surface area contributed by atoms with Crippen LogP contribution in [0.1, 0.15) is 29.6 Å². The average Bonchev–Trinajstić information content (AvgIpc) is 3.02. The van der Waals surface area contributed by atoms with Crippen molar-refractivity contribution in [3.63, 3.8) is 0 Å². The predicted molar refractivity (Wildman–Crippen MR) is 82.0 cm³/mol. The Morgan fingerprint density at radius 1 is 1.14 bits per heavy atom. The van der Waals surface area contributed by atoms with Gasteiger partial charge >= 0.3 is 0 Å². The summed E-state index contributed by atoms with van der Waals surface area (Å²) in [6.07, 6.45) is 2.98. The molecule has 2 aliphatic rings. The van der Waals surface area contributed by atoms with Crippen molar-refractivity contribution in [2.45, 2.75) is 37.5 Å². The number of nitrogens with one attached hydrogen (secondary N) is 1. The van der Waals surface area contributed by atoms with E-state index in [0.717, 1.165) is 42.0 Å². The molecule has 2 fully saturated rings. The van der Waals surface area contributed by atoms with E-state index >= 15 is 0 Å². The molecule has 1 N–H and O–H groups in total. The molecule has 1 aliphatic heterocycles. The number of hydrogen-bond acceptors (Lipinski definition) is 6. The SMILES string of the molecule is O=C(N[C@@H]1CC[C@@H]2OCCO[C@@H]2C1)c1ccc2nsnc2c1. The Bertz CT molecular complexity index is 689. The minimum Gasteiger partial charge on any atom is -0.373 e. The molecule has 6 nitrogen and oxygen atoms in total. The van der Waals surface area contributed by atoms with Crippen LogP contribution in [0.15, 0.2) is 18.2 Å². The minimum absolute atomic E-state index is 0.0601. The Kier molecular flexibility index (Phi) is 3.77. The molecule has 1 aliphatic carbocycles. The van der Waals surface area contributed by atoms with E-state index in [2.05, 4.69) is 14.1 Å². The van der Waals surface area contributed by atoms with Gasteiger partial charge in [-0.2, -0.15) is 8.75 Å². The smallest absolute Gasteiger partial charge is 0.251 e. The summed E-state index contributed by atoms with van der Waals surface area (Å²) in [6.45, 7) is 1.33. The largest absolute Gasteiger partial charge is 0.373 e. The highest BCUT2D eigenvalue weighted by atomic mass is 32.1. The molecule has 4 rings (SSSR count). The molecule has 1 aromatic carbocycles. The van der Waals surface area contributed by atoms with Crippen molar-refractivity contribution in [2.24, 2.45) is 0 Å². The van der Waals surface area contributed by atoms with Crippen molar-refractivity contribution in [2.75, 3.05) is 13.2 Å². The van der Waals surface area contributed by atoms with E-state index in [9.17, 15) is 4.79 Å². The third-order valence-corrected chi connectivity index (χ3v) is 4.89. The van der Waals surface area contributed by atoms with Gasteiger partial charge in [0.15, 0.2) is 0 Å². The highest BCUT2D eigenvalue weighted by Gasteiger charge is 2.34. The summed E-state index contributed by atoms with van der Waals surface area (Å²) in [5.74, 6) is -0.0601. The van der Waals surface area contributed by atoms with Crippen LogP contribution in [0.4, 0.5) is 0 Å². The summed E-state index contributed by atoms with van der Waals surface area (Å²) in [5, 5.41) is 3.11. The molecule has 0 radical (unpaired) electrons. The molecule has 0 bridgehead atoms. The third-order valence-electron chi connectivity index (χ3n) is 4.33. The number of amides is 1. The zero-order chi connectivity index (χ0) is 14.9. The summed E-state index contributed by atoms with van der Waals surface area (Å²) >= 11 is 1.16. The Morgan fingerprint density at radius 2 is 1.95 bits per heavy atom. The number of carbonyl (C=O) groups is 1. The van der Waals surface area contributed by atoms with E-state index in [0.29, 0.717) is 18.8 Å². The van der Waals surface area contributed by atoms with Gasteiger partial charge < -0.3 is 14.8 Å². The fourth-order valence-electron chi connectivity index (χ4n) is 3.19. The van der Waals surface area contributed by atoms with E-state index in [1.165, 1.54) is 0 Å². The molecule has 7 heteroatoms. The number of aromatic nitrogens is 2. The van der Waals surface area contributed by atoms with Gasteiger partial charge in [-0.3, -0.25) is 4.79 Å². The molecule has 2 heterocycles. The van der Waals surface area contributed by atoms with Gasteiger partial charge in [0, 0.05) is 11.6 Å². The standard InChI is InChI=1S/C15H17N3O3S/c19-15(9-1-3-11-12(7-9)18-22-17-11)16-10-2-4-13-14(8-10)21-6-5-20-13/h1,3,7,10,13-14H,2,4-6,8H2,(H,16,19)/t10-,13+,14-/m1/s1. The lowest BCUT2D eigenvalue weighted by Gasteiger charge is -2.39. The topological polar surface area (TPSA) is 73.3 Å². The second-order valence-electron chi connectivity index (χ2n) is 5.77. The van der Waals surface area contributed by atoms with Crippen LogP contribution in [0.3, 0.4) is 0 Å². The van der Waals surface area contributed by atoms with E-state index in [1.807, 2.05) is 6.07 Å². The molecule has 116 valence electrons. The molecule has 3 atom stereocenters. The van der Waals surface area contributed by atoms with Crippen molar-refractivity contribution < 1.29 is 14.3 Å². The number of ether oxygens (including phenoxy) is 2. The van der Waals surface area contributed by atoms with Gasteiger partial charge in [0.2, 0.25) is 0 Å². The van der Waals surface area contributed by atoms with Gasteiger partial charge in [0.1, 0.15) is 11.0 Å². The number of rotatable bonds is 2. The highest BCUT2D eigenvalue weighted by molar-refractivity contribution is 7.00. The van der Waals surface area contributed by atoms with Crippen LogP contribution in [-0.4, -0.2) is 46.1 Å². The first-order valence-electron chi connectivity index (χ1n) is 7.56. The second kappa shape index (κ2) is 5.91. The number of carbonyl (C=O) groups excluding carboxylic acids is 1. The third kappa shape index (κ3) is 2.71. The predicted octanol–water partition coefficient (Wildman–Crippen LogP) is 1.76. The molecule has 2 aromatic rings. The summed E-state index contributed by atoms with van der Waals surface area (Å²) in [5.41, 5.74) is 2.23. The zero-order valence-corrected chi connectivity index (χ0v) is 12.8. The number of benzene rings is 1. The fraction of sp³-hybridized carbons (Fsp3) is 0.533. The van der Waals surface area contributed by atoms with Gasteiger partial charge in [-0.05, 0) is 37.5 Å². The van der Waals surface area contributed by atoms with Gasteiger partial charge in [0.05, 0.1) is 37.1 Å². The van der Waals surface area contributed by atoms with Crippen LogP contribution in [0, 0.1) is 0 Å². The van der Waals surface area contributed by atoms with Gasteiger partial charge in [0.25, 0.3) is 5.91 Å². The molecular weight excluding hydrogens is 302 g/mol. The Labute approximate surface area is 132 Å². The number of fused-ring (bicyclic) bond motifs is 2. The molecule has 0 spiro atoms. The summed E-state index contributed by atoms with van der Waals surface area (Å²) in [7, 11) is 0. The second-order valence-corrected chi connectivity index (χ2v) is 6.30. The Morgan fingerprint density at radius 3 is 2.86 bits per heavy atom. The van der Waals surface area contributed by atoms with Crippen LogP contribution in [0.25, 0.3) is 11.0 Å². The lowest BCUT2D eigenvalue weighted by Crippen LogP contribution is -2.49. The quantitative estimate of drug-likeness (QED) is 0.913. The highest BCUT2D eigenvalue weighted by Crippen LogP contribution is 2.27. The minimum atomic E-state index is -0.0601. The normalized spacial score (nSPS) is 28.3. The van der Waals surface area contributed by atoms with E-state index in [4.69, 9.17) is 9.47 Å². The van der Waals surface area contributed by atoms with Gasteiger partial charge in [-0.1, -0.05) is 0 Å². The van der Waals surface area contributed by atoms with Crippen molar-refractivity contribution >= 4 is 28.7 Å². The molecule has 1 saturated heterocycles. The van der Waals surface area contributed by atoms with E-state index in [-0.39, 0.29) is 24.2 Å². The fourth-order valence-corrected chi connectivity index (χ4v) is 3.71. The van der Waals surface area contributed by atoms with Crippen molar-refractivity contribution in [1.29, 1.82) is 0 Å². The van der Waals surface area contributed by atoms with E-state index in [1.54, 1.807) is 12.1 Å². The van der Waals surface area contributed by atoms with Crippen LogP contribution >= 0.6 is 11.7 Å². The molecule has 1 amide bonds. The summed E-state index contributed by atoms with van der Waals surface area (Å²) < 4.78 is 19.8. The maximum absolute atomic E-state index is 12.4. The van der Waals surface area contributed by atoms with E-state index < -0.39 is 0 Å². The molecule has 1 saturated carbocycles. The molecular formula is C15H17N3O3S. The van der Waals surface area contributed by atoms with Crippen molar-refractivity contribution in [3.8, 4) is 0 Å². The summed E-state index contributed by atoms with van der Waals surface area (Å²) in [6, 6.07) is 5.56. The zero-order valence-electron chi connectivity index (χ0n) is 12.0. The molecule has 0 unspecified atom stereocenters. The Balaban J connectivity index is 1.43. The van der Waals surface area contributed by atoms with Crippen molar-refractivity contribution in [1.82, 2.24) is 14.1 Å². The first kappa shape index (κ1) is 14.0. The summed E-state index contributed by atoms with van der Waals surface area (Å²) in [4.78, 5) is 12.4. The monoisotopic (exact) mass is 319 g/mol. The first-order chi connectivity index (χ1) is 10.8.